The van der Waals surface area contributed by atoms with E-state index in [0.717, 1.165) is 71.2 Å². The minimum Gasteiger partial charge on any atom is -0.379 e. The zero-order chi connectivity index (χ0) is 30.3. The van der Waals surface area contributed by atoms with Crippen LogP contribution in [0.5, 0.6) is 0 Å². The first kappa shape index (κ1) is 40.9. The summed E-state index contributed by atoms with van der Waals surface area (Å²) in [5, 5.41) is 0. The molecular weight excluding hydrogens is 500 g/mol. The fourth-order valence-electron chi connectivity index (χ4n) is 3.86. The van der Waals surface area contributed by atoms with E-state index in [-0.39, 0.29) is 0 Å². The Balaban J connectivity index is 0. The van der Waals surface area contributed by atoms with Crippen molar-refractivity contribution < 1.29 is 18.9 Å². The van der Waals surface area contributed by atoms with Crippen LogP contribution >= 0.6 is 0 Å². The van der Waals surface area contributed by atoms with Gasteiger partial charge in [-0.3, -0.25) is 9.80 Å². The number of allylic oxidation sites excluding steroid dienone is 1. The number of aryl methyl sites for hydroxylation is 1. The molecule has 1 aliphatic rings. The first-order valence-corrected chi connectivity index (χ1v) is 16.0. The van der Waals surface area contributed by atoms with Crippen molar-refractivity contribution in [2.24, 2.45) is 5.92 Å². The van der Waals surface area contributed by atoms with E-state index in [1.807, 2.05) is 34.6 Å². The maximum Gasteiger partial charge on any atom is 0.0701 e. The summed E-state index contributed by atoms with van der Waals surface area (Å²) in [5.74, 6) is 0.751. The van der Waals surface area contributed by atoms with Gasteiger partial charge in [0.25, 0.3) is 0 Å². The molecule has 0 amide bonds. The molecule has 1 saturated heterocycles. The molecule has 0 N–H and O–H groups in total. The van der Waals surface area contributed by atoms with Gasteiger partial charge in [-0.25, -0.2) is 0 Å². The van der Waals surface area contributed by atoms with Crippen molar-refractivity contribution in [3.05, 3.63) is 48.0 Å². The summed E-state index contributed by atoms with van der Waals surface area (Å²) in [5.41, 5.74) is 2.83. The molecule has 1 aromatic carbocycles. The zero-order valence-corrected chi connectivity index (χ0v) is 27.7. The van der Waals surface area contributed by atoms with Crippen molar-refractivity contribution in [2.45, 2.75) is 81.2 Å². The second-order valence-electron chi connectivity index (χ2n) is 9.68. The van der Waals surface area contributed by atoms with Crippen LogP contribution in [-0.2, 0) is 31.9 Å². The molecule has 0 unspecified atom stereocenters. The molecule has 6 nitrogen and oxygen atoms in total. The standard InChI is InChI=1S/C27H48N2O4.C3H6.2C2H6/c1-4-26-7-9-27(10-8-26)24-29-13-11-28(12-14-29)15-17-31-19-21-33-23-22-32-20-18-30-16-5-6-25(2)3;1-3-2;2*1-2/h7-10,25H,4-6,11-24H2,1-3H3;3H,1H2,2H3;2*1-2H3. The van der Waals surface area contributed by atoms with Crippen LogP contribution in [0.1, 0.15) is 79.4 Å². The molecule has 0 aromatic heterocycles. The van der Waals surface area contributed by atoms with Crippen LogP contribution in [0, 0.1) is 5.92 Å². The minimum absolute atomic E-state index is 0.611. The number of hydrogen-bond acceptors (Lipinski definition) is 6. The highest BCUT2D eigenvalue weighted by Crippen LogP contribution is 2.10. The number of nitrogens with zero attached hydrogens (tertiary/aromatic N) is 2. The Morgan fingerprint density at radius 2 is 1.10 bits per heavy atom. The molecular formula is C34H66N2O4. The predicted molar refractivity (Wildman–Crippen MR) is 173 cm³/mol. The highest BCUT2D eigenvalue weighted by Gasteiger charge is 2.16. The molecule has 0 atom stereocenters. The summed E-state index contributed by atoms with van der Waals surface area (Å²) in [6, 6.07) is 9.06. The lowest BCUT2D eigenvalue weighted by atomic mass is 10.1. The summed E-state index contributed by atoms with van der Waals surface area (Å²) in [6.45, 7) is 31.9. The molecule has 1 aliphatic heterocycles. The lowest BCUT2D eigenvalue weighted by Crippen LogP contribution is -2.46. The average Bonchev–Trinajstić information content (AvgIpc) is 2.98. The van der Waals surface area contributed by atoms with Gasteiger partial charge in [0, 0.05) is 45.9 Å². The van der Waals surface area contributed by atoms with Crippen LogP contribution in [0.15, 0.2) is 36.9 Å². The number of piperazine rings is 1. The first-order chi connectivity index (χ1) is 19.6. The van der Waals surface area contributed by atoms with Crippen molar-refractivity contribution in [1.82, 2.24) is 9.80 Å². The van der Waals surface area contributed by atoms with Gasteiger partial charge >= 0.3 is 0 Å². The monoisotopic (exact) mass is 567 g/mol. The summed E-state index contributed by atoms with van der Waals surface area (Å²) in [6.07, 6.45) is 5.21. The Labute approximate surface area is 249 Å². The maximum absolute atomic E-state index is 5.74. The molecule has 0 spiro atoms. The summed E-state index contributed by atoms with van der Waals surface area (Å²) >= 11 is 0. The lowest BCUT2D eigenvalue weighted by Gasteiger charge is -2.34. The fourth-order valence-corrected chi connectivity index (χ4v) is 3.86. The van der Waals surface area contributed by atoms with Crippen molar-refractivity contribution in [3.8, 4) is 0 Å². The van der Waals surface area contributed by atoms with Gasteiger partial charge in [-0.2, -0.15) is 0 Å². The Hall–Kier alpha value is -1.28. The van der Waals surface area contributed by atoms with Crippen molar-refractivity contribution in [1.29, 1.82) is 0 Å². The largest absolute Gasteiger partial charge is 0.379 e. The molecule has 0 bridgehead atoms. The molecule has 0 radical (unpaired) electrons. The quantitative estimate of drug-likeness (QED) is 0.131. The Morgan fingerprint density at radius 1 is 0.700 bits per heavy atom. The molecule has 1 aromatic rings. The van der Waals surface area contributed by atoms with E-state index < -0.39 is 0 Å². The Kier molecular flexibility index (Phi) is 32.9. The third-order valence-corrected chi connectivity index (χ3v) is 6.04. The number of benzene rings is 1. The van der Waals surface area contributed by atoms with Crippen LogP contribution in [0.2, 0.25) is 0 Å². The third-order valence-electron chi connectivity index (χ3n) is 6.04. The molecule has 1 fully saturated rings. The molecule has 40 heavy (non-hydrogen) atoms. The smallest absolute Gasteiger partial charge is 0.0701 e. The Bertz CT molecular complexity index is 617. The van der Waals surface area contributed by atoms with E-state index in [4.69, 9.17) is 18.9 Å². The number of hydrogen-bond donors (Lipinski definition) is 0. The topological polar surface area (TPSA) is 43.4 Å². The van der Waals surface area contributed by atoms with Gasteiger partial charge < -0.3 is 18.9 Å². The molecule has 2 rings (SSSR count). The Morgan fingerprint density at radius 3 is 1.55 bits per heavy atom. The first-order valence-electron chi connectivity index (χ1n) is 16.0. The molecule has 6 heteroatoms. The number of ether oxygens (including phenoxy) is 4. The van der Waals surface area contributed by atoms with E-state index in [9.17, 15) is 0 Å². The number of rotatable bonds is 19. The van der Waals surface area contributed by atoms with E-state index in [0.29, 0.717) is 39.6 Å². The lowest BCUT2D eigenvalue weighted by molar-refractivity contribution is -0.00564. The van der Waals surface area contributed by atoms with Gasteiger partial charge in [-0.1, -0.05) is 78.8 Å². The molecule has 1 heterocycles. The van der Waals surface area contributed by atoms with Crippen molar-refractivity contribution >= 4 is 0 Å². The van der Waals surface area contributed by atoms with Crippen molar-refractivity contribution in [2.75, 3.05) is 85.6 Å². The highest BCUT2D eigenvalue weighted by molar-refractivity contribution is 5.22. The molecule has 236 valence electrons. The van der Waals surface area contributed by atoms with Crippen LogP contribution < -0.4 is 0 Å². The second kappa shape index (κ2) is 32.2. The molecule has 0 saturated carbocycles. The predicted octanol–water partition coefficient (Wildman–Crippen LogP) is 7.11. The average molecular weight is 567 g/mol. The summed E-state index contributed by atoms with van der Waals surface area (Å²) < 4.78 is 22.4. The van der Waals surface area contributed by atoms with Gasteiger partial charge in [0.05, 0.1) is 46.2 Å². The van der Waals surface area contributed by atoms with Gasteiger partial charge in [-0.15, -0.1) is 6.58 Å². The van der Waals surface area contributed by atoms with Gasteiger partial charge in [0.15, 0.2) is 0 Å². The summed E-state index contributed by atoms with van der Waals surface area (Å²) in [7, 11) is 0. The molecule has 0 aliphatic carbocycles. The van der Waals surface area contributed by atoms with Crippen molar-refractivity contribution in [3.63, 3.8) is 0 Å². The van der Waals surface area contributed by atoms with Gasteiger partial charge in [0.1, 0.15) is 0 Å². The highest BCUT2D eigenvalue weighted by atomic mass is 16.6. The van der Waals surface area contributed by atoms with E-state index in [1.54, 1.807) is 6.08 Å². The SMILES string of the molecule is C=CC.CC.CC.CCc1ccc(CN2CCN(CCOCCOCCOCCOCCCC(C)C)CC2)cc1. The van der Waals surface area contributed by atoms with Crippen LogP contribution in [-0.4, -0.2) is 95.4 Å². The van der Waals surface area contributed by atoms with E-state index in [2.05, 4.69) is 61.4 Å². The second-order valence-corrected chi connectivity index (χ2v) is 9.68. The fraction of sp³-hybridized carbons (Fsp3) is 0.765. The minimum atomic E-state index is 0.611. The van der Waals surface area contributed by atoms with E-state index >= 15 is 0 Å². The third kappa shape index (κ3) is 25.7. The maximum atomic E-state index is 5.74. The van der Waals surface area contributed by atoms with Crippen LogP contribution in [0.4, 0.5) is 0 Å². The van der Waals surface area contributed by atoms with Gasteiger partial charge in [-0.05, 0) is 43.2 Å². The zero-order valence-electron chi connectivity index (χ0n) is 27.7. The van der Waals surface area contributed by atoms with Crippen LogP contribution in [0.25, 0.3) is 0 Å². The van der Waals surface area contributed by atoms with E-state index in [1.165, 1.54) is 17.5 Å². The normalized spacial score (nSPS) is 13.4. The van der Waals surface area contributed by atoms with Crippen LogP contribution in [0.3, 0.4) is 0 Å². The summed E-state index contributed by atoms with van der Waals surface area (Å²) in [4.78, 5) is 5.05. The van der Waals surface area contributed by atoms with Gasteiger partial charge in [0.2, 0.25) is 0 Å².